The molecule has 28 heavy (non-hydrogen) atoms. The van der Waals surface area contributed by atoms with E-state index in [1.807, 2.05) is 0 Å². The van der Waals surface area contributed by atoms with Crippen molar-refractivity contribution >= 4 is 35.2 Å². The first kappa shape index (κ1) is 19.6. The summed E-state index contributed by atoms with van der Waals surface area (Å²) in [5.41, 5.74) is 1.32. The molecule has 3 rings (SSSR count). The first-order valence-electron chi connectivity index (χ1n) is 8.42. The summed E-state index contributed by atoms with van der Waals surface area (Å²) in [6.07, 6.45) is 2.97. The second-order valence-electron chi connectivity index (χ2n) is 6.04. The summed E-state index contributed by atoms with van der Waals surface area (Å²) in [6, 6.07) is 10.3. The van der Waals surface area contributed by atoms with Gasteiger partial charge in [0.15, 0.2) is 11.5 Å². The minimum Gasteiger partial charge on any atom is -0.497 e. The van der Waals surface area contributed by atoms with Crippen LogP contribution in [0.3, 0.4) is 0 Å². The molecule has 1 aliphatic rings. The van der Waals surface area contributed by atoms with Crippen LogP contribution in [0.1, 0.15) is 5.56 Å². The van der Waals surface area contributed by atoms with Crippen LogP contribution in [0.15, 0.2) is 42.5 Å². The van der Waals surface area contributed by atoms with E-state index in [2.05, 4.69) is 5.32 Å². The normalized spacial score (nSPS) is 12.1. The van der Waals surface area contributed by atoms with Gasteiger partial charge in [-0.1, -0.05) is 11.6 Å². The maximum absolute atomic E-state index is 12.3. The lowest BCUT2D eigenvalue weighted by Crippen LogP contribution is -2.33. The van der Waals surface area contributed by atoms with Crippen molar-refractivity contribution in [3.8, 4) is 17.2 Å². The number of benzene rings is 2. The average Bonchev–Trinajstić information content (AvgIpc) is 3.15. The number of hydrogen-bond donors (Lipinski definition) is 1. The number of carbonyl (C=O) groups excluding carboxylic acids is 2. The molecule has 0 saturated carbocycles. The predicted octanol–water partition coefficient (Wildman–Crippen LogP) is 3.19. The Morgan fingerprint density at radius 3 is 2.71 bits per heavy atom. The van der Waals surface area contributed by atoms with Crippen molar-refractivity contribution in [2.24, 2.45) is 0 Å². The van der Waals surface area contributed by atoms with Crippen molar-refractivity contribution in [3.63, 3.8) is 0 Å². The van der Waals surface area contributed by atoms with Crippen molar-refractivity contribution in [2.75, 3.05) is 32.8 Å². The van der Waals surface area contributed by atoms with E-state index in [9.17, 15) is 9.59 Å². The van der Waals surface area contributed by atoms with Crippen LogP contribution >= 0.6 is 11.6 Å². The Kier molecular flexibility index (Phi) is 6.06. The van der Waals surface area contributed by atoms with E-state index in [1.54, 1.807) is 56.6 Å². The fraction of sp³-hybridized carbons (Fsp3) is 0.200. The molecule has 0 fully saturated rings. The van der Waals surface area contributed by atoms with Crippen molar-refractivity contribution in [1.82, 2.24) is 4.90 Å². The van der Waals surface area contributed by atoms with Gasteiger partial charge in [-0.25, -0.2) is 0 Å². The summed E-state index contributed by atoms with van der Waals surface area (Å²) in [5, 5.41) is 3.14. The highest BCUT2D eigenvalue weighted by Gasteiger charge is 2.18. The van der Waals surface area contributed by atoms with Crippen LogP contribution in [-0.4, -0.2) is 44.2 Å². The number of likely N-dealkylation sites (N-methyl/N-ethyl adjacent to an activating group) is 1. The molecule has 0 aromatic heterocycles. The highest BCUT2D eigenvalue weighted by atomic mass is 35.5. The van der Waals surface area contributed by atoms with Gasteiger partial charge in [0, 0.05) is 18.8 Å². The second kappa shape index (κ2) is 8.67. The number of nitrogens with one attached hydrogen (secondary N) is 1. The van der Waals surface area contributed by atoms with Gasteiger partial charge in [0.1, 0.15) is 5.75 Å². The third-order valence-electron chi connectivity index (χ3n) is 4.00. The molecule has 0 bridgehead atoms. The van der Waals surface area contributed by atoms with Crippen LogP contribution in [0.25, 0.3) is 6.08 Å². The average molecular weight is 403 g/mol. The minimum absolute atomic E-state index is 0.0862. The number of carbonyl (C=O) groups is 2. The summed E-state index contributed by atoms with van der Waals surface area (Å²) >= 11 is 6.12. The monoisotopic (exact) mass is 402 g/mol. The quantitative estimate of drug-likeness (QED) is 0.751. The number of methoxy groups -OCH3 is 1. The van der Waals surface area contributed by atoms with E-state index in [1.165, 1.54) is 11.0 Å². The molecule has 0 atom stereocenters. The third kappa shape index (κ3) is 4.75. The molecule has 1 heterocycles. The van der Waals surface area contributed by atoms with Gasteiger partial charge in [-0.05, 0) is 48.0 Å². The van der Waals surface area contributed by atoms with Crippen LogP contribution in [0.5, 0.6) is 17.2 Å². The number of rotatable bonds is 6. The largest absolute Gasteiger partial charge is 0.497 e. The zero-order chi connectivity index (χ0) is 20.1. The summed E-state index contributed by atoms with van der Waals surface area (Å²) in [6.45, 7) is 0.0320. The molecule has 0 saturated heterocycles. The smallest absolute Gasteiger partial charge is 0.246 e. The first-order valence-corrected chi connectivity index (χ1v) is 8.80. The summed E-state index contributed by atoms with van der Waals surface area (Å²) in [7, 11) is 3.12. The molecular weight excluding hydrogens is 384 g/mol. The Morgan fingerprint density at radius 1 is 1.25 bits per heavy atom. The van der Waals surface area contributed by atoms with Crippen LogP contribution in [-0.2, 0) is 9.59 Å². The van der Waals surface area contributed by atoms with Crippen LogP contribution in [0.2, 0.25) is 5.02 Å². The molecule has 1 N–H and O–H groups in total. The van der Waals surface area contributed by atoms with Crippen molar-refractivity contribution in [1.29, 1.82) is 0 Å². The van der Waals surface area contributed by atoms with E-state index in [0.717, 1.165) is 0 Å². The van der Waals surface area contributed by atoms with Crippen molar-refractivity contribution < 1.29 is 23.8 Å². The highest BCUT2D eigenvalue weighted by molar-refractivity contribution is 6.32. The number of amides is 2. The number of halogens is 1. The number of anilines is 1. The Labute approximate surface area is 167 Å². The predicted molar refractivity (Wildman–Crippen MR) is 106 cm³/mol. The standard InChI is InChI=1S/C20H19ClN2O5/c1-23(11-18(24)22-14-4-6-15(26-2)7-5-14)19(25)8-3-13-9-16(21)20-17(10-13)27-12-28-20/h3-10H,11-12H2,1-2H3,(H,22,24)/b8-3+. The number of nitrogens with zero attached hydrogens (tertiary/aromatic N) is 1. The molecule has 0 aliphatic carbocycles. The molecule has 2 aromatic rings. The van der Waals surface area contributed by atoms with Gasteiger partial charge in [0.25, 0.3) is 0 Å². The highest BCUT2D eigenvalue weighted by Crippen LogP contribution is 2.40. The topological polar surface area (TPSA) is 77.1 Å². The Hall–Kier alpha value is -3.19. The van der Waals surface area contributed by atoms with E-state index >= 15 is 0 Å². The first-order chi connectivity index (χ1) is 13.5. The molecule has 0 unspecified atom stereocenters. The molecule has 0 spiro atoms. The van der Waals surface area contributed by atoms with E-state index in [0.29, 0.717) is 33.5 Å². The molecule has 8 heteroatoms. The Balaban J connectivity index is 1.55. The molecule has 2 aromatic carbocycles. The summed E-state index contributed by atoms with van der Waals surface area (Å²) in [4.78, 5) is 25.7. The van der Waals surface area contributed by atoms with Gasteiger partial charge < -0.3 is 24.4 Å². The van der Waals surface area contributed by atoms with Crippen molar-refractivity contribution in [2.45, 2.75) is 0 Å². The SMILES string of the molecule is COc1ccc(NC(=O)CN(C)C(=O)/C=C/c2cc(Cl)c3c(c2)OCO3)cc1. The van der Waals surface area contributed by atoms with Gasteiger partial charge >= 0.3 is 0 Å². The zero-order valence-corrected chi connectivity index (χ0v) is 16.2. The lowest BCUT2D eigenvalue weighted by atomic mass is 10.2. The molecule has 146 valence electrons. The fourth-order valence-electron chi connectivity index (χ4n) is 2.55. The van der Waals surface area contributed by atoms with Gasteiger partial charge in [-0.3, -0.25) is 9.59 Å². The third-order valence-corrected chi connectivity index (χ3v) is 4.28. The number of ether oxygens (including phenoxy) is 3. The zero-order valence-electron chi connectivity index (χ0n) is 15.4. The van der Waals surface area contributed by atoms with Gasteiger partial charge in [-0.2, -0.15) is 0 Å². The maximum atomic E-state index is 12.3. The molecular formula is C20H19ClN2O5. The molecule has 0 radical (unpaired) electrons. The van der Waals surface area contributed by atoms with Crippen LogP contribution in [0.4, 0.5) is 5.69 Å². The summed E-state index contributed by atoms with van der Waals surface area (Å²) in [5.74, 6) is 1.10. The second-order valence-corrected chi connectivity index (χ2v) is 6.45. The lowest BCUT2D eigenvalue weighted by molar-refractivity contribution is -0.129. The van der Waals surface area contributed by atoms with Gasteiger partial charge in [0.2, 0.25) is 18.6 Å². The Morgan fingerprint density at radius 2 is 2.00 bits per heavy atom. The minimum atomic E-state index is -0.321. The number of hydrogen-bond acceptors (Lipinski definition) is 5. The van der Waals surface area contributed by atoms with Crippen LogP contribution in [0, 0.1) is 0 Å². The molecule has 2 amide bonds. The van der Waals surface area contributed by atoms with E-state index in [-0.39, 0.29) is 25.2 Å². The molecule has 1 aliphatic heterocycles. The van der Waals surface area contributed by atoms with Crippen molar-refractivity contribution in [3.05, 3.63) is 53.1 Å². The summed E-state index contributed by atoms with van der Waals surface area (Å²) < 4.78 is 15.6. The van der Waals surface area contributed by atoms with Gasteiger partial charge in [-0.15, -0.1) is 0 Å². The lowest BCUT2D eigenvalue weighted by Gasteiger charge is -2.15. The fourth-order valence-corrected chi connectivity index (χ4v) is 2.82. The van der Waals surface area contributed by atoms with Crippen LogP contribution < -0.4 is 19.5 Å². The van der Waals surface area contributed by atoms with E-state index in [4.69, 9.17) is 25.8 Å². The van der Waals surface area contributed by atoms with Gasteiger partial charge in [0.05, 0.1) is 18.7 Å². The van der Waals surface area contributed by atoms with E-state index < -0.39 is 0 Å². The maximum Gasteiger partial charge on any atom is 0.246 e. The Bertz CT molecular complexity index is 912. The molecule has 7 nitrogen and oxygen atoms in total. The number of fused-ring (bicyclic) bond motifs is 1.